The molecule has 84 heavy (non-hydrogen) atoms. The number of carbonyl (C=O) groups is 2. The second-order valence-electron chi connectivity index (χ2n) is 21.1. The van der Waals surface area contributed by atoms with E-state index in [1.807, 2.05) is 0 Å². The van der Waals surface area contributed by atoms with Gasteiger partial charge in [-0.05, 0) is 0 Å². The fourth-order valence-corrected chi connectivity index (χ4v) is 10.7. The van der Waals surface area contributed by atoms with Crippen LogP contribution in [0.1, 0.15) is 13.8 Å². The van der Waals surface area contributed by atoms with Gasteiger partial charge in [-0.2, -0.15) is 0 Å². The highest BCUT2D eigenvalue weighted by Crippen LogP contribution is 2.38. The van der Waals surface area contributed by atoms with E-state index in [2.05, 4.69) is 10.6 Å². The molecule has 0 unspecified atom stereocenters. The van der Waals surface area contributed by atoms with E-state index in [0.29, 0.717) is 0 Å². The van der Waals surface area contributed by atoms with E-state index in [9.17, 15) is 117 Å². The zero-order chi connectivity index (χ0) is 61.9. The van der Waals surface area contributed by atoms with Crippen LogP contribution >= 0.6 is 0 Å². The van der Waals surface area contributed by atoms with Crippen molar-refractivity contribution in [3.05, 3.63) is 0 Å². The topological polar surface area (TPSA) is 603 Å². The maximum Gasteiger partial charge on any atom is 0.217 e. The zero-order valence-corrected chi connectivity index (χ0v) is 44.7. The Morgan fingerprint density at radius 1 is 0.310 bits per heavy atom. The minimum Gasteiger partial charge on any atom is -0.394 e. The molecule has 0 aromatic heterocycles. The Morgan fingerprint density at radius 3 is 1.12 bits per heavy atom. The van der Waals surface area contributed by atoms with Gasteiger partial charge in [0, 0.05) is 13.8 Å². The summed E-state index contributed by atoms with van der Waals surface area (Å²) in [5.74, 6) is -1.62. The van der Waals surface area contributed by atoms with Gasteiger partial charge in [-0.25, -0.2) is 0 Å². The first-order chi connectivity index (χ1) is 39.7. The van der Waals surface area contributed by atoms with Crippen LogP contribution in [0.2, 0.25) is 0 Å². The lowest BCUT2D eigenvalue weighted by Crippen LogP contribution is -2.70. The van der Waals surface area contributed by atoms with Gasteiger partial charge in [-0.15, -0.1) is 0 Å². The molecule has 0 bridgehead atoms. The van der Waals surface area contributed by atoms with Crippen molar-refractivity contribution in [2.75, 3.05) is 46.2 Å². The van der Waals surface area contributed by atoms with Crippen LogP contribution in [0, 0.1) is 0 Å². The lowest BCUT2D eigenvalue weighted by atomic mass is 9.94. The molecular weight excluding hydrogens is 1160 g/mol. The Labute approximate surface area is 475 Å². The quantitative estimate of drug-likeness (QED) is 0.0507. The highest BCUT2D eigenvalue weighted by atomic mass is 16.8. The Bertz CT molecular complexity index is 2060. The third-order valence-corrected chi connectivity index (χ3v) is 15.3. The van der Waals surface area contributed by atoms with Gasteiger partial charge >= 0.3 is 0 Å². The molecule has 23 N–H and O–H groups in total. The fourth-order valence-electron chi connectivity index (χ4n) is 10.7. The van der Waals surface area contributed by atoms with Crippen molar-refractivity contribution in [2.45, 2.75) is 229 Å². The molecule has 488 valence electrons. The van der Waals surface area contributed by atoms with E-state index in [0.717, 1.165) is 13.8 Å². The highest BCUT2D eigenvalue weighted by molar-refractivity contribution is 5.73. The third-order valence-electron chi connectivity index (χ3n) is 15.3. The van der Waals surface area contributed by atoms with E-state index >= 15 is 0 Å². The summed E-state index contributed by atoms with van der Waals surface area (Å²) >= 11 is 0. The summed E-state index contributed by atoms with van der Waals surface area (Å²) in [5.41, 5.74) is 0. The molecular formula is C46H78N2O36. The largest absolute Gasteiger partial charge is 0.394 e. The van der Waals surface area contributed by atoms with Gasteiger partial charge in [0.25, 0.3) is 0 Å². The van der Waals surface area contributed by atoms with Gasteiger partial charge in [-0.1, -0.05) is 0 Å². The molecule has 38 nitrogen and oxygen atoms in total. The molecule has 7 saturated heterocycles. The summed E-state index contributed by atoms with van der Waals surface area (Å²) in [5, 5.41) is 232. The van der Waals surface area contributed by atoms with Crippen LogP contribution in [0.15, 0.2) is 0 Å². The van der Waals surface area contributed by atoms with Crippen molar-refractivity contribution in [1.29, 1.82) is 0 Å². The van der Waals surface area contributed by atoms with Crippen LogP contribution in [-0.2, 0) is 71.2 Å². The molecule has 0 aliphatic carbocycles. The molecule has 7 aliphatic heterocycles. The predicted molar refractivity (Wildman–Crippen MR) is 255 cm³/mol. The van der Waals surface area contributed by atoms with Crippen LogP contribution in [-0.4, -0.2) is 380 Å². The molecule has 7 rings (SSSR count). The van der Waals surface area contributed by atoms with Gasteiger partial charge in [0.15, 0.2) is 44.0 Å². The molecule has 0 radical (unpaired) electrons. The minimum atomic E-state index is -2.43. The summed E-state index contributed by atoms with van der Waals surface area (Å²) in [7, 11) is 0. The first-order valence-electron chi connectivity index (χ1n) is 26.6. The van der Waals surface area contributed by atoms with E-state index in [1.165, 1.54) is 0 Å². The summed E-state index contributed by atoms with van der Waals surface area (Å²) in [6.45, 7) is -5.03. The van der Waals surface area contributed by atoms with E-state index in [4.69, 9.17) is 61.6 Å². The molecule has 0 spiro atoms. The Morgan fingerprint density at radius 2 is 0.643 bits per heavy atom. The third kappa shape index (κ3) is 14.7. The number of amides is 2. The van der Waals surface area contributed by atoms with Crippen LogP contribution in [0.25, 0.3) is 0 Å². The first-order valence-corrected chi connectivity index (χ1v) is 26.6. The lowest BCUT2D eigenvalue weighted by molar-refractivity contribution is -0.407. The average molecular weight is 1240 g/mol. The number of carbonyl (C=O) groups excluding carboxylic acids is 2. The number of hydrogen-bond acceptors (Lipinski definition) is 36. The second-order valence-corrected chi connectivity index (χ2v) is 21.1. The van der Waals surface area contributed by atoms with Crippen molar-refractivity contribution < 1.29 is 178 Å². The molecule has 0 saturated carbocycles. The zero-order valence-electron chi connectivity index (χ0n) is 44.7. The van der Waals surface area contributed by atoms with Gasteiger partial charge in [-0.3, -0.25) is 9.59 Å². The van der Waals surface area contributed by atoms with Crippen molar-refractivity contribution in [3.63, 3.8) is 0 Å². The summed E-state index contributed by atoms with van der Waals surface area (Å²) < 4.78 is 75.0. The van der Waals surface area contributed by atoms with Crippen LogP contribution in [0.4, 0.5) is 0 Å². The smallest absolute Gasteiger partial charge is 0.217 e. The van der Waals surface area contributed by atoms with Crippen molar-refractivity contribution in [2.24, 2.45) is 0 Å². The van der Waals surface area contributed by atoms with Crippen molar-refractivity contribution in [3.8, 4) is 0 Å². The normalized spacial score (nSPS) is 50.3. The van der Waals surface area contributed by atoms with E-state index < -0.39 is 273 Å². The molecule has 7 aliphatic rings. The van der Waals surface area contributed by atoms with Crippen molar-refractivity contribution in [1.82, 2.24) is 10.6 Å². The van der Waals surface area contributed by atoms with Gasteiger partial charge < -0.3 is 179 Å². The molecule has 0 aromatic rings. The Kier molecular flexibility index (Phi) is 24.6. The number of nitrogens with one attached hydrogen (secondary N) is 2. The number of ether oxygens (including phenoxy) is 13. The lowest BCUT2D eigenvalue weighted by Gasteiger charge is -2.51. The maximum atomic E-state index is 12.7. The second kappa shape index (κ2) is 29.9. The summed E-state index contributed by atoms with van der Waals surface area (Å²) in [6.07, 6.45) is -66.5. The fraction of sp³-hybridized carbons (Fsp3) is 0.957. The first kappa shape index (κ1) is 69.1. The standard InChI is InChI=1S/C46H78N2O36/c1-10(55)47-19-26(62)35(16(7-53)73-40(19)71)80-41-20(48-11(2)56)27(63)36(17(8-54)78-41)81-44-34(70)37(25(61)18(79-44)9-72-42-32(68)28(64)21(57)12(3-49)74-42)82-45-39(31(67)24(60)14(5-51)76-45)84-46-38(30(66)23(59)15(6-52)77-46)83-43-33(69)29(65)22(58)13(4-50)75-43/h12-46,49-54,57-71H,3-9H2,1-2H3,(H,47,55)(H,48,56)/t12-,13-,14-,15-,16-,17-,18-,19-,20-,21-,22-,23-,24-,25-,26-,27-,28+,29+,30+,31+,32+,33+,34+,35-,36-,37+,38+,39+,40+,41+,42+,43-,44+,45-,46-/m1/s1. The maximum absolute atomic E-state index is 12.7. The van der Waals surface area contributed by atoms with E-state index in [1.54, 1.807) is 0 Å². The molecule has 0 aromatic carbocycles. The average Bonchev–Trinajstić information content (AvgIpc) is 2.60. The number of rotatable bonds is 21. The SMILES string of the molecule is CC(=O)N[C@@H]1[C@@H](O)[C@H](O[C@@H]2O[C@H](CO)[C@@H](O[C@@H]3O[C@H](CO[C@H]4O[C@H](CO)[C@@H](O)[C@H](O)[C@@H]4O)[C@@H](O)[C@H](O[C@H]4O[C@H](CO)[C@@H](O)[C@H](O)[C@@H]4O[C@H]4O[C@H](CO)[C@@H](O)[C@H](O)[C@@H]4O[C@H]4O[C@H](CO)[C@@H](O)[C@H](O)[C@@H]4O)[C@@H]3O)[C@H](O)[C@H]2NC(C)=O)[C@@H](CO)O[C@@H]1O. The van der Waals surface area contributed by atoms with Gasteiger partial charge in [0.1, 0.15) is 171 Å². The number of aliphatic hydroxyl groups is 21. The predicted octanol–water partition coefficient (Wildman–Crippen LogP) is -16.0. The van der Waals surface area contributed by atoms with Crippen LogP contribution < -0.4 is 10.6 Å². The molecule has 7 heterocycles. The highest BCUT2D eigenvalue weighted by Gasteiger charge is 2.59. The Hall–Kier alpha value is -2.42. The minimum absolute atomic E-state index is 0.742. The molecule has 7 fully saturated rings. The monoisotopic (exact) mass is 1230 g/mol. The van der Waals surface area contributed by atoms with Crippen LogP contribution in [0.3, 0.4) is 0 Å². The summed E-state index contributed by atoms with van der Waals surface area (Å²) in [6, 6.07) is -3.39. The number of hydrogen-bond donors (Lipinski definition) is 23. The molecule has 35 atom stereocenters. The number of aliphatic hydroxyl groups excluding tert-OH is 21. The Balaban J connectivity index is 1.21. The molecule has 38 heteroatoms. The summed E-state index contributed by atoms with van der Waals surface area (Å²) in [4.78, 5) is 24.7. The van der Waals surface area contributed by atoms with Crippen LogP contribution in [0.5, 0.6) is 0 Å². The van der Waals surface area contributed by atoms with E-state index in [-0.39, 0.29) is 0 Å². The van der Waals surface area contributed by atoms with Gasteiger partial charge in [0.05, 0.1) is 46.2 Å². The molecule has 2 amide bonds. The van der Waals surface area contributed by atoms with Gasteiger partial charge in [0.2, 0.25) is 11.8 Å². The van der Waals surface area contributed by atoms with Crippen molar-refractivity contribution >= 4 is 11.8 Å².